The van der Waals surface area contributed by atoms with Crippen molar-refractivity contribution in [3.63, 3.8) is 0 Å². The van der Waals surface area contributed by atoms with E-state index in [0.717, 1.165) is 58.1 Å². The lowest BCUT2D eigenvalue weighted by Crippen LogP contribution is -2.08. The Morgan fingerprint density at radius 1 is 0.389 bits per heavy atom. The van der Waals surface area contributed by atoms with Crippen LogP contribution in [-0.2, 0) is 13.1 Å². The summed E-state index contributed by atoms with van der Waals surface area (Å²) in [6.45, 7) is 1.54. The molecule has 0 aliphatic carbocycles. The van der Waals surface area contributed by atoms with Crippen LogP contribution in [0.4, 0.5) is 0 Å². The van der Waals surface area contributed by atoms with E-state index in [9.17, 15) is 0 Å². The molecule has 174 valence electrons. The zero-order chi connectivity index (χ0) is 24.2. The second-order valence-corrected chi connectivity index (χ2v) is 8.73. The van der Waals surface area contributed by atoms with E-state index in [1.54, 1.807) is 0 Å². The van der Waals surface area contributed by atoms with E-state index in [2.05, 4.69) is 118 Å². The van der Waals surface area contributed by atoms with Crippen molar-refractivity contribution in [2.45, 2.75) is 13.1 Å². The Bertz CT molecular complexity index is 1430. The van der Waals surface area contributed by atoms with Gasteiger partial charge < -0.3 is 9.13 Å². The van der Waals surface area contributed by atoms with Crippen LogP contribution in [0.3, 0.4) is 0 Å². The number of rotatable bonds is 7. The molecule has 0 atom stereocenters. The maximum Gasteiger partial charge on any atom is 0.0963 e. The van der Waals surface area contributed by atoms with E-state index < -0.39 is 0 Å². The third-order valence-corrected chi connectivity index (χ3v) is 6.45. The smallest absolute Gasteiger partial charge is 0.0963 e. The Labute approximate surface area is 211 Å². The van der Waals surface area contributed by atoms with E-state index in [4.69, 9.17) is 9.97 Å². The summed E-state index contributed by atoms with van der Waals surface area (Å²) in [5, 5.41) is 0. The summed E-state index contributed by atoms with van der Waals surface area (Å²) in [5.41, 5.74) is 8.82. The number of benzene rings is 4. The summed E-state index contributed by atoms with van der Waals surface area (Å²) in [6, 6.07) is 41.8. The second-order valence-electron chi connectivity index (χ2n) is 8.73. The number of aromatic nitrogens is 4. The first kappa shape index (κ1) is 21.8. The molecule has 36 heavy (non-hydrogen) atoms. The van der Waals surface area contributed by atoms with E-state index in [1.807, 2.05) is 24.8 Å². The maximum atomic E-state index is 4.85. The predicted molar refractivity (Wildman–Crippen MR) is 146 cm³/mol. The summed E-state index contributed by atoms with van der Waals surface area (Å²) in [6.07, 6.45) is 3.92. The topological polar surface area (TPSA) is 35.6 Å². The monoisotopic (exact) mass is 466 g/mol. The molecule has 0 amide bonds. The first-order valence-electron chi connectivity index (χ1n) is 12.2. The maximum absolute atomic E-state index is 4.85. The van der Waals surface area contributed by atoms with E-state index in [1.165, 1.54) is 0 Å². The third kappa shape index (κ3) is 4.25. The Kier molecular flexibility index (Phi) is 5.99. The molecule has 4 aromatic carbocycles. The highest BCUT2D eigenvalue weighted by molar-refractivity contribution is 5.79. The summed E-state index contributed by atoms with van der Waals surface area (Å²) in [5.74, 6) is 0. The van der Waals surface area contributed by atoms with Gasteiger partial charge in [-0.05, 0) is 0 Å². The molecule has 6 aromatic rings. The molecule has 0 aliphatic rings. The highest BCUT2D eigenvalue weighted by atomic mass is 15.1. The molecule has 0 unspecified atom stereocenters. The minimum absolute atomic E-state index is 0.772. The molecular weight excluding hydrogens is 440 g/mol. The molecule has 4 nitrogen and oxygen atoms in total. The van der Waals surface area contributed by atoms with E-state index >= 15 is 0 Å². The average molecular weight is 467 g/mol. The summed E-state index contributed by atoms with van der Waals surface area (Å²) in [7, 11) is 0. The summed E-state index contributed by atoms with van der Waals surface area (Å²) < 4.78 is 4.52. The van der Waals surface area contributed by atoms with Gasteiger partial charge in [0.1, 0.15) is 0 Å². The van der Waals surface area contributed by atoms with Crippen LogP contribution in [0.15, 0.2) is 134 Å². The Hall–Kier alpha value is -4.70. The second kappa shape index (κ2) is 9.88. The molecule has 0 saturated carbocycles. The van der Waals surface area contributed by atoms with Gasteiger partial charge in [-0.25, -0.2) is 9.97 Å². The Morgan fingerprint density at radius 3 is 1.03 bits per heavy atom. The number of nitrogens with zero attached hydrogens (tertiary/aromatic N) is 4. The number of imidazole rings is 2. The van der Waals surface area contributed by atoms with Crippen molar-refractivity contribution < 1.29 is 0 Å². The number of hydrogen-bond acceptors (Lipinski definition) is 2. The molecule has 6 rings (SSSR count). The molecular formula is C32H26N4. The zero-order valence-electron chi connectivity index (χ0n) is 19.9. The highest BCUT2D eigenvalue weighted by Crippen LogP contribution is 2.33. The van der Waals surface area contributed by atoms with Crippen molar-refractivity contribution in [2.75, 3.05) is 0 Å². The van der Waals surface area contributed by atoms with Gasteiger partial charge in [0.25, 0.3) is 0 Å². The Balaban J connectivity index is 1.40. The quantitative estimate of drug-likeness (QED) is 0.245. The van der Waals surface area contributed by atoms with Crippen LogP contribution in [0, 0.1) is 0 Å². The fourth-order valence-electron chi connectivity index (χ4n) is 4.73. The van der Waals surface area contributed by atoms with Gasteiger partial charge in [-0.1, -0.05) is 121 Å². The SMILES string of the molecule is c1ccc(-c2ncn(CCn3cnc(-c4ccccc4)c3-c3ccccc3)c2-c2ccccc2)cc1. The lowest BCUT2D eigenvalue weighted by molar-refractivity contribution is 0.585. The van der Waals surface area contributed by atoms with Crippen molar-refractivity contribution in [3.8, 4) is 45.0 Å². The first-order valence-corrected chi connectivity index (χ1v) is 12.2. The van der Waals surface area contributed by atoms with Crippen LogP contribution < -0.4 is 0 Å². The lowest BCUT2D eigenvalue weighted by Gasteiger charge is -2.14. The van der Waals surface area contributed by atoms with Crippen LogP contribution in [0.2, 0.25) is 0 Å². The van der Waals surface area contributed by atoms with Gasteiger partial charge in [-0.15, -0.1) is 0 Å². The van der Waals surface area contributed by atoms with E-state index in [0.29, 0.717) is 0 Å². The van der Waals surface area contributed by atoms with Crippen molar-refractivity contribution >= 4 is 0 Å². The van der Waals surface area contributed by atoms with Crippen LogP contribution in [0.5, 0.6) is 0 Å². The predicted octanol–water partition coefficient (Wildman–Crippen LogP) is 7.45. The normalized spacial score (nSPS) is 11.0. The van der Waals surface area contributed by atoms with Gasteiger partial charge >= 0.3 is 0 Å². The lowest BCUT2D eigenvalue weighted by atomic mass is 10.0. The summed E-state index contributed by atoms with van der Waals surface area (Å²) >= 11 is 0. The molecule has 2 heterocycles. The minimum Gasteiger partial charge on any atom is -0.328 e. The molecule has 0 saturated heterocycles. The van der Waals surface area contributed by atoms with Crippen LogP contribution in [0.25, 0.3) is 45.0 Å². The fourth-order valence-corrected chi connectivity index (χ4v) is 4.73. The number of hydrogen-bond donors (Lipinski definition) is 0. The summed E-state index contributed by atoms with van der Waals surface area (Å²) in [4.78, 5) is 9.69. The van der Waals surface area contributed by atoms with Crippen molar-refractivity contribution in [2.24, 2.45) is 0 Å². The first-order chi connectivity index (χ1) is 17.9. The van der Waals surface area contributed by atoms with Gasteiger partial charge in [0.2, 0.25) is 0 Å². The van der Waals surface area contributed by atoms with Gasteiger partial charge in [0.15, 0.2) is 0 Å². The molecule has 0 spiro atoms. The Morgan fingerprint density at radius 2 is 0.694 bits per heavy atom. The zero-order valence-corrected chi connectivity index (χ0v) is 19.9. The van der Waals surface area contributed by atoms with Gasteiger partial charge in [-0.2, -0.15) is 0 Å². The van der Waals surface area contributed by atoms with Crippen molar-refractivity contribution in [1.29, 1.82) is 0 Å². The molecule has 0 bridgehead atoms. The number of aryl methyl sites for hydroxylation is 2. The van der Waals surface area contributed by atoms with Crippen molar-refractivity contribution in [1.82, 2.24) is 19.1 Å². The van der Waals surface area contributed by atoms with E-state index in [-0.39, 0.29) is 0 Å². The third-order valence-electron chi connectivity index (χ3n) is 6.45. The average Bonchev–Trinajstić information content (AvgIpc) is 3.58. The molecule has 4 heteroatoms. The largest absolute Gasteiger partial charge is 0.328 e. The van der Waals surface area contributed by atoms with Crippen LogP contribution in [0.1, 0.15) is 0 Å². The highest BCUT2D eigenvalue weighted by Gasteiger charge is 2.17. The molecule has 0 fully saturated rings. The molecule has 2 aromatic heterocycles. The van der Waals surface area contributed by atoms with Crippen LogP contribution >= 0.6 is 0 Å². The molecule has 0 N–H and O–H groups in total. The minimum atomic E-state index is 0.772. The molecule has 0 radical (unpaired) electrons. The van der Waals surface area contributed by atoms with Gasteiger partial charge in [-0.3, -0.25) is 0 Å². The molecule has 0 aliphatic heterocycles. The van der Waals surface area contributed by atoms with Crippen molar-refractivity contribution in [3.05, 3.63) is 134 Å². The van der Waals surface area contributed by atoms with Gasteiger partial charge in [0, 0.05) is 35.3 Å². The standard InChI is InChI=1S/C32H26N4/c1-5-13-25(14-6-1)29-31(27-17-9-3-10-18-27)35(23-33-29)21-22-36-24-34-30(26-15-7-2-8-16-26)32(36)28-19-11-4-12-20-28/h1-20,23-24H,21-22H2. The fraction of sp³-hybridized carbons (Fsp3) is 0.0625. The van der Waals surface area contributed by atoms with Crippen LogP contribution in [-0.4, -0.2) is 19.1 Å². The van der Waals surface area contributed by atoms with Gasteiger partial charge in [0.05, 0.1) is 35.4 Å².